The van der Waals surface area contributed by atoms with Crippen LogP contribution < -0.4 is 10.9 Å². The standard InChI is InChI=1S/C16H23N5O2S/c1-2-11-9-14(22)21-16(18-11)24-15(19-21)17-12-3-6-20(7-4-12)13-5-8-23-10-13/h9,12-13H,2-8,10H2,1H3,(H,17,19). The van der Waals surface area contributed by atoms with Crippen LogP contribution in [-0.2, 0) is 11.2 Å². The predicted octanol–water partition coefficient (Wildman–Crippen LogP) is 1.38. The number of hydrogen-bond acceptors (Lipinski definition) is 7. The van der Waals surface area contributed by atoms with Gasteiger partial charge in [0.1, 0.15) is 0 Å². The molecule has 24 heavy (non-hydrogen) atoms. The lowest BCUT2D eigenvalue weighted by Crippen LogP contribution is -2.44. The summed E-state index contributed by atoms with van der Waals surface area (Å²) in [7, 11) is 0. The van der Waals surface area contributed by atoms with Gasteiger partial charge in [0.25, 0.3) is 5.56 Å². The molecule has 8 heteroatoms. The molecule has 0 amide bonds. The molecule has 0 aromatic carbocycles. The molecule has 1 atom stereocenters. The van der Waals surface area contributed by atoms with Crippen LogP contribution in [0.2, 0.25) is 0 Å². The molecule has 2 saturated heterocycles. The summed E-state index contributed by atoms with van der Waals surface area (Å²) in [6, 6.07) is 2.58. The monoisotopic (exact) mass is 349 g/mol. The number of anilines is 1. The fourth-order valence-electron chi connectivity index (χ4n) is 3.49. The van der Waals surface area contributed by atoms with E-state index in [0.717, 1.165) is 62.8 Å². The van der Waals surface area contributed by atoms with E-state index in [1.54, 1.807) is 6.07 Å². The van der Waals surface area contributed by atoms with Gasteiger partial charge in [-0.05, 0) is 25.7 Å². The molecule has 1 N–H and O–H groups in total. The molecule has 0 bridgehead atoms. The van der Waals surface area contributed by atoms with Gasteiger partial charge in [0.2, 0.25) is 10.1 Å². The lowest BCUT2D eigenvalue weighted by molar-refractivity contribution is 0.124. The first-order valence-electron chi connectivity index (χ1n) is 8.71. The number of ether oxygens (including phenoxy) is 1. The minimum Gasteiger partial charge on any atom is -0.380 e. The molecular formula is C16H23N5O2S. The number of aromatic nitrogens is 3. The van der Waals surface area contributed by atoms with Crippen LogP contribution in [-0.4, -0.2) is 57.9 Å². The highest BCUT2D eigenvalue weighted by Gasteiger charge is 2.28. The molecule has 7 nitrogen and oxygen atoms in total. The molecule has 0 saturated carbocycles. The van der Waals surface area contributed by atoms with Crippen molar-refractivity contribution in [3.8, 4) is 0 Å². The van der Waals surface area contributed by atoms with Crippen LogP contribution in [0.15, 0.2) is 10.9 Å². The third-order valence-electron chi connectivity index (χ3n) is 4.94. The first kappa shape index (κ1) is 16.0. The van der Waals surface area contributed by atoms with Gasteiger partial charge in [-0.25, -0.2) is 4.98 Å². The topological polar surface area (TPSA) is 71.8 Å². The van der Waals surface area contributed by atoms with Crippen molar-refractivity contribution in [3.05, 3.63) is 22.1 Å². The highest BCUT2D eigenvalue weighted by atomic mass is 32.1. The summed E-state index contributed by atoms with van der Waals surface area (Å²) in [4.78, 5) is 19.8. The Bertz CT molecular complexity index is 759. The second kappa shape index (κ2) is 6.78. The minimum atomic E-state index is -0.0998. The molecule has 0 radical (unpaired) electrons. The Hall–Kier alpha value is -1.51. The molecule has 1 unspecified atom stereocenters. The van der Waals surface area contributed by atoms with E-state index < -0.39 is 0 Å². The average Bonchev–Trinajstić information content (AvgIpc) is 3.25. The minimum absolute atomic E-state index is 0.0998. The van der Waals surface area contributed by atoms with Crippen LogP contribution in [0.25, 0.3) is 4.96 Å². The Morgan fingerprint density at radius 3 is 2.92 bits per heavy atom. The van der Waals surface area contributed by atoms with Crippen molar-refractivity contribution in [2.75, 3.05) is 31.6 Å². The van der Waals surface area contributed by atoms with Gasteiger partial charge in [-0.15, -0.1) is 5.10 Å². The molecule has 4 rings (SSSR count). The number of hydrogen-bond donors (Lipinski definition) is 1. The van der Waals surface area contributed by atoms with Gasteiger partial charge in [-0.2, -0.15) is 4.52 Å². The maximum atomic E-state index is 12.1. The zero-order valence-corrected chi connectivity index (χ0v) is 14.7. The van der Waals surface area contributed by atoms with Crippen LogP contribution in [0.4, 0.5) is 5.13 Å². The summed E-state index contributed by atoms with van der Waals surface area (Å²) in [5.74, 6) is 0. The van der Waals surface area contributed by atoms with Crippen LogP contribution in [0, 0.1) is 0 Å². The lowest BCUT2D eigenvalue weighted by Gasteiger charge is -2.35. The number of piperidine rings is 1. The highest BCUT2D eigenvalue weighted by Crippen LogP contribution is 2.23. The van der Waals surface area contributed by atoms with Crippen LogP contribution >= 0.6 is 11.3 Å². The third kappa shape index (κ3) is 3.18. The van der Waals surface area contributed by atoms with Gasteiger partial charge < -0.3 is 10.1 Å². The van der Waals surface area contributed by atoms with Gasteiger partial charge >= 0.3 is 0 Å². The molecule has 4 heterocycles. The third-order valence-corrected chi connectivity index (χ3v) is 5.78. The molecule has 2 fully saturated rings. The van der Waals surface area contributed by atoms with Gasteiger partial charge in [0, 0.05) is 43.5 Å². The molecule has 0 spiro atoms. The van der Waals surface area contributed by atoms with Crippen molar-refractivity contribution < 1.29 is 4.74 Å². The Balaban J connectivity index is 1.41. The maximum Gasteiger partial charge on any atom is 0.275 e. The first-order chi connectivity index (χ1) is 11.7. The van der Waals surface area contributed by atoms with E-state index in [1.807, 2.05) is 6.92 Å². The highest BCUT2D eigenvalue weighted by molar-refractivity contribution is 7.20. The van der Waals surface area contributed by atoms with Gasteiger partial charge in [-0.1, -0.05) is 18.3 Å². The van der Waals surface area contributed by atoms with E-state index in [1.165, 1.54) is 15.9 Å². The summed E-state index contributed by atoms with van der Waals surface area (Å²) >= 11 is 1.46. The van der Waals surface area contributed by atoms with Crippen molar-refractivity contribution in [1.29, 1.82) is 0 Å². The number of aryl methyl sites for hydroxylation is 1. The van der Waals surface area contributed by atoms with Crippen LogP contribution in [0.3, 0.4) is 0 Å². The van der Waals surface area contributed by atoms with Gasteiger partial charge in [0.05, 0.1) is 6.61 Å². The Labute approximate surface area is 144 Å². The molecule has 130 valence electrons. The fourth-order valence-corrected chi connectivity index (χ4v) is 4.39. The van der Waals surface area contributed by atoms with E-state index in [9.17, 15) is 4.79 Å². The number of rotatable bonds is 4. The van der Waals surface area contributed by atoms with Crippen molar-refractivity contribution in [3.63, 3.8) is 0 Å². The van der Waals surface area contributed by atoms with E-state index in [-0.39, 0.29) is 5.56 Å². The van der Waals surface area contributed by atoms with Crippen molar-refractivity contribution >= 4 is 21.4 Å². The predicted molar refractivity (Wildman–Crippen MR) is 94.0 cm³/mol. The zero-order chi connectivity index (χ0) is 16.5. The number of nitrogens with zero attached hydrogens (tertiary/aromatic N) is 4. The summed E-state index contributed by atoms with van der Waals surface area (Å²) in [6.45, 7) is 5.96. The quantitative estimate of drug-likeness (QED) is 0.899. The summed E-state index contributed by atoms with van der Waals surface area (Å²) in [6.07, 6.45) is 4.10. The number of nitrogens with one attached hydrogen (secondary N) is 1. The summed E-state index contributed by atoms with van der Waals surface area (Å²) in [5, 5.41) is 8.68. The molecule has 2 aromatic heterocycles. The van der Waals surface area contributed by atoms with Gasteiger partial charge in [-0.3, -0.25) is 9.69 Å². The summed E-state index contributed by atoms with van der Waals surface area (Å²) < 4.78 is 6.89. The van der Waals surface area contributed by atoms with Gasteiger partial charge in [0.15, 0.2) is 0 Å². The molecule has 2 aliphatic rings. The molecule has 2 aromatic rings. The summed E-state index contributed by atoms with van der Waals surface area (Å²) in [5.41, 5.74) is 0.722. The molecule has 2 aliphatic heterocycles. The second-order valence-electron chi connectivity index (χ2n) is 6.51. The smallest absolute Gasteiger partial charge is 0.275 e. The van der Waals surface area contributed by atoms with Crippen molar-refractivity contribution in [1.82, 2.24) is 19.5 Å². The van der Waals surface area contributed by atoms with E-state index >= 15 is 0 Å². The number of fused-ring (bicyclic) bond motifs is 1. The molecule has 0 aliphatic carbocycles. The van der Waals surface area contributed by atoms with E-state index in [4.69, 9.17) is 4.74 Å². The first-order valence-corrected chi connectivity index (χ1v) is 9.52. The van der Waals surface area contributed by atoms with Crippen LogP contribution in [0.5, 0.6) is 0 Å². The van der Waals surface area contributed by atoms with Crippen molar-refractivity contribution in [2.45, 2.75) is 44.7 Å². The Kier molecular flexibility index (Phi) is 4.51. The fraction of sp³-hybridized carbons (Fsp3) is 0.688. The second-order valence-corrected chi connectivity index (χ2v) is 7.47. The Morgan fingerprint density at radius 2 is 2.21 bits per heavy atom. The van der Waals surface area contributed by atoms with E-state index in [2.05, 4.69) is 20.3 Å². The number of likely N-dealkylation sites (tertiary alicyclic amines) is 1. The molecular weight excluding hydrogens is 326 g/mol. The SMILES string of the molecule is CCc1cc(=O)n2nc(NC3CCN(C4CCOC4)CC3)sc2n1. The average molecular weight is 349 g/mol. The zero-order valence-electron chi connectivity index (χ0n) is 13.9. The van der Waals surface area contributed by atoms with Crippen LogP contribution in [0.1, 0.15) is 31.9 Å². The van der Waals surface area contributed by atoms with E-state index in [0.29, 0.717) is 17.0 Å². The van der Waals surface area contributed by atoms with Crippen molar-refractivity contribution in [2.24, 2.45) is 0 Å². The lowest BCUT2D eigenvalue weighted by atomic mass is 10.0. The largest absolute Gasteiger partial charge is 0.380 e. The normalized spacial score (nSPS) is 23.1. The maximum absolute atomic E-state index is 12.1. The Morgan fingerprint density at radius 1 is 1.38 bits per heavy atom.